The largest absolute Gasteiger partial charge is 0.281 e. The van der Waals surface area contributed by atoms with E-state index in [2.05, 4.69) is 39.5 Å². The van der Waals surface area contributed by atoms with Gasteiger partial charge in [0.15, 0.2) is 0 Å². The van der Waals surface area contributed by atoms with Crippen molar-refractivity contribution >= 4 is 5.71 Å². The van der Waals surface area contributed by atoms with Crippen molar-refractivity contribution in [1.82, 2.24) is 20.2 Å². The Kier molecular flexibility index (Phi) is 5.77. The predicted molar refractivity (Wildman–Crippen MR) is 124 cm³/mol. The van der Waals surface area contributed by atoms with Gasteiger partial charge in [-0.15, -0.1) is 10.2 Å². The van der Waals surface area contributed by atoms with Crippen molar-refractivity contribution < 1.29 is 8.78 Å². The van der Waals surface area contributed by atoms with Crippen LogP contribution in [0.15, 0.2) is 71.7 Å². The smallest absolute Gasteiger partial charge is 0.204 e. The summed E-state index contributed by atoms with van der Waals surface area (Å²) >= 11 is 0. The number of hydrogen-bond donors (Lipinski definition) is 0. The van der Waals surface area contributed by atoms with E-state index >= 15 is 0 Å². The molecule has 0 bridgehead atoms. The van der Waals surface area contributed by atoms with E-state index < -0.39 is 11.6 Å². The molecule has 33 heavy (non-hydrogen) atoms. The van der Waals surface area contributed by atoms with Gasteiger partial charge in [-0.3, -0.25) is 4.99 Å². The third kappa shape index (κ3) is 4.31. The van der Waals surface area contributed by atoms with Gasteiger partial charge in [0, 0.05) is 11.3 Å². The third-order valence-corrected chi connectivity index (χ3v) is 5.87. The maximum atomic E-state index is 14.1. The second-order valence-corrected chi connectivity index (χ2v) is 8.14. The third-order valence-electron chi connectivity index (χ3n) is 5.87. The van der Waals surface area contributed by atoms with Crippen molar-refractivity contribution in [3.05, 3.63) is 89.5 Å². The normalized spacial score (nSPS) is 15.6. The minimum absolute atomic E-state index is 0.000858. The average molecular weight is 444 g/mol. The van der Waals surface area contributed by atoms with E-state index in [0.29, 0.717) is 18.0 Å². The van der Waals surface area contributed by atoms with E-state index in [0.717, 1.165) is 41.6 Å². The number of rotatable bonds is 6. The number of aryl methyl sites for hydroxylation is 1. The zero-order valence-electron chi connectivity index (χ0n) is 18.2. The lowest BCUT2D eigenvalue weighted by molar-refractivity contribution is 0.515. The lowest BCUT2D eigenvalue weighted by Gasteiger charge is -2.09. The Bertz CT molecular complexity index is 1270. The minimum atomic E-state index is -0.559. The second-order valence-electron chi connectivity index (χ2n) is 8.14. The molecule has 4 aromatic rings. The summed E-state index contributed by atoms with van der Waals surface area (Å²) in [7, 11) is 0. The minimum Gasteiger partial charge on any atom is -0.281 e. The number of tetrazole rings is 1. The fraction of sp³-hybridized carbons (Fsp3) is 0.231. The first-order chi connectivity index (χ1) is 16.1. The molecule has 1 atom stereocenters. The highest BCUT2D eigenvalue weighted by Crippen LogP contribution is 2.33. The van der Waals surface area contributed by atoms with Crippen LogP contribution in [-0.4, -0.2) is 25.9 Å². The van der Waals surface area contributed by atoms with Gasteiger partial charge in [-0.25, -0.2) is 8.78 Å². The van der Waals surface area contributed by atoms with Crippen LogP contribution in [0.3, 0.4) is 0 Å². The summed E-state index contributed by atoms with van der Waals surface area (Å²) in [6.07, 6.45) is 2.25. The first kappa shape index (κ1) is 21.1. The van der Waals surface area contributed by atoms with Crippen molar-refractivity contribution in [3.8, 4) is 22.5 Å². The van der Waals surface area contributed by atoms with Crippen LogP contribution >= 0.6 is 0 Å². The fourth-order valence-electron chi connectivity index (χ4n) is 4.16. The molecule has 1 aliphatic rings. The molecular formula is C26H23F2N5. The average Bonchev–Trinajstić information content (AvgIpc) is 3.50. The Morgan fingerprint density at radius 3 is 2.18 bits per heavy atom. The quantitative estimate of drug-likeness (QED) is 0.366. The van der Waals surface area contributed by atoms with E-state index in [9.17, 15) is 8.78 Å². The lowest BCUT2D eigenvalue weighted by atomic mass is 9.98. The van der Waals surface area contributed by atoms with E-state index in [1.54, 1.807) is 4.80 Å². The van der Waals surface area contributed by atoms with Crippen LogP contribution in [0.4, 0.5) is 8.78 Å². The van der Waals surface area contributed by atoms with E-state index in [1.807, 2.05) is 36.4 Å². The lowest BCUT2D eigenvalue weighted by Crippen LogP contribution is -2.03. The number of halogens is 2. The molecular weight excluding hydrogens is 420 g/mol. The Balaban J connectivity index is 1.32. The van der Waals surface area contributed by atoms with Crippen LogP contribution in [0.2, 0.25) is 0 Å². The molecule has 7 heteroatoms. The Hall–Kier alpha value is -3.74. The van der Waals surface area contributed by atoms with E-state index in [-0.39, 0.29) is 11.6 Å². The molecule has 5 nitrogen and oxygen atoms in total. The Labute approximate surface area is 190 Å². The van der Waals surface area contributed by atoms with Crippen LogP contribution in [0.5, 0.6) is 0 Å². The topological polar surface area (TPSA) is 56.0 Å². The predicted octanol–water partition coefficient (Wildman–Crippen LogP) is 6.02. The highest BCUT2D eigenvalue weighted by atomic mass is 19.1. The molecule has 3 aromatic carbocycles. The van der Waals surface area contributed by atoms with Gasteiger partial charge in [0.25, 0.3) is 0 Å². The first-order valence-electron chi connectivity index (χ1n) is 11.1. The second kappa shape index (κ2) is 9.02. The standard InChI is InChI=1S/C26H23F2N5/c1-2-16-33-31-26(30-32-33)20-12-8-18(9-13-20)17-6-10-19(11-7-17)23-14-15-24(29-23)25-21(27)4-3-5-22(25)28/h3-13,23H,2,14-16H2,1H3. The Morgan fingerprint density at radius 1 is 0.879 bits per heavy atom. The number of aromatic nitrogens is 4. The summed E-state index contributed by atoms with van der Waals surface area (Å²) in [5.41, 5.74) is 4.62. The highest BCUT2D eigenvalue weighted by Gasteiger charge is 2.24. The van der Waals surface area contributed by atoms with Crippen LogP contribution < -0.4 is 0 Å². The van der Waals surface area contributed by atoms with Gasteiger partial charge in [0.1, 0.15) is 11.6 Å². The number of nitrogens with zero attached hydrogens (tertiary/aromatic N) is 5. The van der Waals surface area contributed by atoms with Crippen molar-refractivity contribution in [3.63, 3.8) is 0 Å². The van der Waals surface area contributed by atoms with Gasteiger partial charge in [0.2, 0.25) is 5.82 Å². The SMILES string of the molecule is CCCn1nnc(-c2ccc(-c3ccc(C4CCC(c5c(F)cccc5F)=N4)cc3)cc2)n1. The van der Waals surface area contributed by atoms with Crippen molar-refractivity contribution in [1.29, 1.82) is 0 Å². The van der Waals surface area contributed by atoms with Gasteiger partial charge in [-0.1, -0.05) is 61.5 Å². The molecule has 0 saturated heterocycles. The van der Waals surface area contributed by atoms with Gasteiger partial charge in [-0.2, -0.15) is 4.80 Å². The van der Waals surface area contributed by atoms with Gasteiger partial charge < -0.3 is 0 Å². The number of benzene rings is 3. The fourth-order valence-corrected chi connectivity index (χ4v) is 4.16. The van der Waals surface area contributed by atoms with Crippen LogP contribution in [0, 0.1) is 11.6 Å². The zero-order valence-corrected chi connectivity index (χ0v) is 18.2. The number of aliphatic imine (C=N–C) groups is 1. The molecule has 0 amide bonds. The van der Waals surface area contributed by atoms with Gasteiger partial charge in [0.05, 0.1) is 18.2 Å². The molecule has 5 rings (SSSR count). The molecule has 0 aliphatic carbocycles. The summed E-state index contributed by atoms with van der Waals surface area (Å²) < 4.78 is 28.2. The number of hydrogen-bond acceptors (Lipinski definition) is 4. The molecule has 1 aromatic heterocycles. The summed E-state index contributed by atoms with van der Waals surface area (Å²) in [5.74, 6) is -0.501. The van der Waals surface area contributed by atoms with Crippen LogP contribution in [0.1, 0.15) is 43.4 Å². The summed E-state index contributed by atoms with van der Waals surface area (Å²) in [4.78, 5) is 6.24. The van der Waals surface area contributed by atoms with Gasteiger partial charge in [-0.05, 0) is 53.3 Å². The molecule has 2 heterocycles. The summed E-state index contributed by atoms with van der Waals surface area (Å²) in [6.45, 7) is 2.82. The van der Waals surface area contributed by atoms with Crippen molar-refractivity contribution in [2.24, 2.45) is 4.99 Å². The van der Waals surface area contributed by atoms with Crippen molar-refractivity contribution in [2.45, 2.75) is 38.8 Å². The molecule has 1 aliphatic heterocycles. The van der Waals surface area contributed by atoms with Gasteiger partial charge >= 0.3 is 0 Å². The monoisotopic (exact) mass is 443 g/mol. The molecule has 1 unspecified atom stereocenters. The maximum Gasteiger partial charge on any atom is 0.204 e. The molecule has 0 fully saturated rings. The summed E-state index contributed by atoms with van der Waals surface area (Å²) in [5, 5.41) is 12.6. The van der Waals surface area contributed by atoms with E-state index in [4.69, 9.17) is 0 Å². The molecule has 0 spiro atoms. The van der Waals surface area contributed by atoms with Crippen LogP contribution in [0.25, 0.3) is 22.5 Å². The summed E-state index contributed by atoms with van der Waals surface area (Å²) in [6, 6.07) is 20.1. The highest BCUT2D eigenvalue weighted by molar-refractivity contribution is 6.02. The molecule has 0 saturated carbocycles. The van der Waals surface area contributed by atoms with Crippen LogP contribution in [-0.2, 0) is 6.54 Å². The first-order valence-corrected chi connectivity index (χ1v) is 11.1. The Morgan fingerprint density at radius 2 is 1.52 bits per heavy atom. The molecule has 0 radical (unpaired) electrons. The zero-order chi connectivity index (χ0) is 22.8. The molecule has 166 valence electrons. The van der Waals surface area contributed by atoms with E-state index in [1.165, 1.54) is 18.2 Å². The van der Waals surface area contributed by atoms with Crippen molar-refractivity contribution in [2.75, 3.05) is 0 Å². The molecule has 0 N–H and O–H groups in total. The maximum absolute atomic E-state index is 14.1.